The first-order chi connectivity index (χ1) is 7.70. The summed E-state index contributed by atoms with van der Waals surface area (Å²) in [6.07, 6.45) is 1.12. The fraction of sp³-hybridized carbons (Fsp3) is 0.667. The fourth-order valence-electron chi connectivity index (χ4n) is 1.47. The molecule has 1 aromatic heterocycles. The standard InChI is InChI=1S/C12H20ClNOS/c1-4-6-14-10(7-15-5-2)12-11(13)9(3)8-16-12/h8,10,14H,4-7H2,1-3H3. The molecule has 0 aliphatic rings. The molecule has 92 valence electrons. The van der Waals surface area contributed by atoms with Gasteiger partial charge >= 0.3 is 0 Å². The van der Waals surface area contributed by atoms with Crippen molar-refractivity contribution in [1.29, 1.82) is 0 Å². The Bertz CT molecular complexity index is 306. The highest BCUT2D eigenvalue weighted by atomic mass is 35.5. The van der Waals surface area contributed by atoms with Crippen molar-refractivity contribution in [2.45, 2.75) is 33.2 Å². The topological polar surface area (TPSA) is 21.3 Å². The Morgan fingerprint density at radius 3 is 2.75 bits per heavy atom. The van der Waals surface area contributed by atoms with E-state index >= 15 is 0 Å². The van der Waals surface area contributed by atoms with Crippen LogP contribution in [0, 0.1) is 6.92 Å². The SMILES string of the molecule is CCCNC(COCC)c1scc(C)c1Cl. The zero-order valence-corrected chi connectivity index (χ0v) is 11.8. The average molecular weight is 262 g/mol. The van der Waals surface area contributed by atoms with Gasteiger partial charge in [-0.3, -0.25) is 0 Å². The highest BCUT2D eigenvalue weighted by Crippen LogP contribution is 2.32. The van der Waals surface area contributed by atoms with Crippen molar-refractivity contribution in [3.05, 3.63) is 20.8 Å². The van der Waals surface area contributed by atoms with E-state index in [0.29, 0.717) is 6.61 Å². The van der Waals surface area contributed by atoms with Crippen LogP contribution >= 0.6 is 22.9 Å². The smallest absolute Gasteiger partial charge is 0.0669 e. The molecule has 1 unspecified atom stereocenters. The molecule has 4 heteroatoms. The van der Waals surface area contributed by atoms with Crippen LogP contribution in [0.1, 0.15) is 36.8 Å². The number of ether oxygens (including phenoxy) is 1. The van der Waals surface area contributed by atoms with Gasteiger partial charge in [0, 0.05) is 11.5 Å². The van der Waals surface area contributed by atoms with Crippen molar-refractivity contribution < 1.29 is 4.74 Å². The van der Waals surface area contributed by atoms with Gasteiger partial charge in [0.05, 0.1) is 17.7 Å². The Balaban J connectivity index is 2.70. The van der Waals surface area contributed by atoms with E-state index in [1.165, 1.54) is 4.88 Å². The number of aryl methyl sites for hydroxylation is 1. The minimum absolute atomic E-state index is 0.228. The quantitative estimate of drug-likeness (QED) is 0.806. The second-order valence-electron chi connectivity index (χ2n) is 3.76. The fourth-order valence-corrected chi connectivity index (χ4v) is 2.85. The lowest BCUT2D eigenvalue weighted by molar-refractivity contribution is 0.124. The lowest BCUT2D eigenvalue weighted by Gasteiger charge is -2.17. The monoisotopic (exact) mass is 261 g/mol. The third-order valence-electron chi connectivity index (χ3n) is 2.37. The molecule has 0 saturated heterocycles. The Kier molecular flexibility index (Phi) is 6.36. The lowest BCUT2D eigenvalue weighted by Crippen LogP contribution is -2.25. The maximum Gasteiger partial charge on any atom is 0.0669 e. The molecule has 2 nitrogen and oxygen atoms in total. The van der Waals surface area contributed by atoms with Crippen molar-refractivity contribution in [2.75, 3.05) is 19.8 Å². The highest BCUT2D eigenvalue weighted by Gasteiger charge is 2.17. The minimum atomic E-state index is 0.228. The second kappa shape index (κ2) is 7.28. The number of hydrogen-bond acceptors (Lipinski definition) is 3. The summed E-state index contributed by atoms with van der Waals surface area (Å²) in [6.45, 7) is 8.64. The van der Waals surface area contributed by atoms with Crippen LogP contribution in [0.4, 0.5) is 0 Å². The van der Waals surface area contributed by atoms with Crippen LogP contribution in [0.5, 0.6) is 0 Å². The van der Waals surface area contributed by atoms with E-state index in [1.54, 1.807) is 11.3 Å². The van der Waals surface area contributed by atoms with Crippen molar-refractivity contribution >= 4 is 22.9 Å². The van der Waals surface area contributed by atoms with Gasteiger partial charge in [-0.2, -0.15) is 0 Å². The molecule has 0 aliphatic carbocycles. The summed E-state index contributed by atoms with van der Waals surface area (Å²) in [7, 11) is 0. The van der Waals surface area contributed by atoms with Crippen molar-refractivity contribution in [2.24, 2.45) is 0 Å². The molecular formula is C12H20ClNOS. The summed E-state index contributed by atoms with van der Waals surface area (Å²) < 4.78 is 5.50. The Morgan fingerprint density at radius 2 is 2.25 bits per heavy atom. The number of halogens is 1. The molecule has 0 aromatic carbocycles. The van der Waals surface area contributed by atoms with E-state index < -0.39 is 0 Å². The maximum atomic E-state index is 6.28. The molecule has 16 heavy (non-hydrogen) atoms. The third-order valence-corrected chi connectivity index (χ3v) is 4.20. The van der Waals surface area contributed by atoms with E-state index in [2.05, 4.69) is 17.6 Å². The summed E-state index contributed by atoms with van der Waals surface area (Å²) in [6, 6.07) is 0.228. The van der Waals surface area contributed by atoms with Crippen LogP contribution in [0.15, 0.2) is 5.38 Å². The van der Waals surface area contributed by atoms with Crippen molar-refractivity contribution in [3.8, 4) is 0 Å². The first-order valence-electron chi connectivity index (χ1n) is 5.75. The van der Waals surface area contributed by atoms with Gasteiger partial charge < -0.3 is 10.1 Å². The molecular weight excluding hydrogens is 242 g/mol. The number of nitrogens with one attached hydrogen (secondary N) is 1. The van der Waals surface area contributed by atoms with Crippen LogP contribution in [0.25, 0.3) is 0 Å². The zero-order valence-electron chi connectivity index (χ0n) is 10.2. The molecule has 0 radical (unpaired) electrons. The first-order valence-corrected chi connectivity index (χ1v) is 7.01. The van der Waals surface area contributed by atoms with Crippen LogP contribution in [-0.4, -0.2) is 19.8 Å². The van der Waals surface area contributed by atoms with E-state index in [0.717, 1.165) is 30.2 Å². The molecule has 0 spiro atoms. The second-order valence-corrected chi connectivity index (χ2v) is 5.05. The van der Waals surface area contributed by atoms with E-state index in [1.807, 2.05) is 13.8 Å². The average Bonchev–Trinajstić information content (AvgIpc) is 2.61. The molecule has 1 atom stereocenters. The summed E-state index contributed by atoms with van der Waals surface area (Å²) >= 11 is 7.99. The maximum absolute atomic E-state index is 6.28. The summed E-state index contributed by atoms with van der Waals surface area (Å²) in [5.74, 6) is 0. The van der Waals surface area contributed by atoms with Gasteiger partial charge in [0.25, 0.3) is 0 Å². The summed E-state index contributed by atoms with van der Waals surface area (Å²) in [5, 5.41) is 6.46. The molecule has 0 aliphatic heterocycles. The summed E-state index contributed by atoms with van der Waals surface area (Å²) in [4.78, 5) is 1.20. The molecule has 1 aromatic rings. The van der Waals surface area contributed by atoms with Crippen LogP contribution in [-0.2, 0) is 4.74 Å². The number of thiophene rings is 1. The molecule has 0 bridgehead atoms. The number of rotatable bonds is 7. The van der Waals surface area contributed by atoms with Gasteiger partial charge in [0.1, 0.15) is 0 Å². The summed E-state index contributed by atoms with van der Waals surface area (Å²) in [5.41, 5.74) is 1.15. The normalized spacial score (nSPS) is 13.0. The van der Waals surface area contributed by atoms with Crippen molar-refractivity contribution in [3.63, 3.8) is 0 Å². The van der Waals surface area contributed by atoms with Gasteiger partial charge in [-0.05, 0) is 37.8 Å². The third kappa shape index (κ3) is 3.74. The zero-order chi connectivity index (χ0) is 12.0. The van der Waals surface area contributed by atoms with Crippen LogP contribution in [0.2, 0.25) is 5.02 Å². The predicted molar refractivity (Wildman–Crippen MR) is 71.6 cm³/mol. The van der Waals surface area contributed by atoms with Gasteiger partial charge in [-0.25, -0.2) is 0 Å². The minimum Gasteiger partial charge on any atom is -0.380 e. The highest BCUT2D eigenvalue weighted by molar-refractivity contribution is 7.10. The van der Waals surface area contributed by atoms with Crippen molar-refractivity contribution in [1.82, 2.24) is 5.32 Å². The van der Waals surface area contributed by atoms with E-state index in [-0.39, 0.29) is 6.04 Å². The molecule has 1 heterocycles. The Labute approximate surface area is 107 Å². The van der Waals surface area contributed by atoms with E-state index in [9.17, 15) is 0 Å². The molecule has 0 amide bonds. The Hall–Kier alpha value is -0.0900. The van der Waals surface area contributed by atoms with Crippen LogP contribution < -0.4 is 5.32 Å². The van der Waals surface area contributed by atoms with Gasteiger partial charge in [0.2, 0.25) is 0 Å². The number of hydrogen-bond donors (Lipinski definition) is 1. The lowest BCUT2D eigenvalue weighted by atomic mass is 10.2. The first kappa shape index (κ1) is 14.0. The molecule has 1 rings (SSSR count). The van der Waals surface area contributed by atoms with Gasteiger partial charge in [0.15, 0.2) is 0 Å². The van der Waals surface area contributed by atoms with Gasteiger partial charge in [-0.15, -0.1) is 11.3 Å². The van der Waals surface area contributed by atoms with Gasteiger partial charge in [-0.1, -0.05) is 18.5 Å². The Morgan fingerprint density at radius 1 is 1.50 bits per heavy atom. The molecule has 0 saturated carbocycles. The predicted octanol–water partition coefficient (Wildman–Crippen LogP) is 3.79. The molecule has 1 N–H and O–H groups in total. The molecule has 0 fully saturated rings. The van der Waals surface area contributed by atoms with Crippen LogP contribution in [0.3, 0.4) is 0 Å². The largest absolute Gasteiger partial charge is 0.380 e. The van der Waals surface area contributed by atoms with E-state index in [4.69, 9.17) is 16.3 Å².